The molecular formula is C32H48O7. The summed E-state index contributed by atoms with van der Waals surface area (Å²) in [5.74, 6) is 1.36. The smallest absolute Gasteiger partial charge is 0.306 e. The second-order valence-electron chi connectivity index (χ2n) is 12.1. The Bertz CT molecular complexity index is 954. The Labute approximate surface area is 234 Å². The first kappa shape index (κ1) is 29.9. The average Bonchev–Trinajstić information content (AvgIpc) is 3.47. The topological polar surface area (TPSA) is 91.3 Å². The third kappa shape index (κ3) is 6.14. The molecule has 1 aliphatic heterocycles. The van der Waals surface area contributed by atoms with Gasteiger partial charge < -0.3 is 24.1 Å². The van der Waals surface area contributed by atoms with Crippen LogP contribution < -0.4 is 0 Å². The lowest BCUT2D eigenvalue weighted by molar-refractivity contribution is -0.152. The van der Waals surface area contributed by atoms with Crippen LogP contribution in [0.1, 0.15) is 72.1 Å². The maximum atomic E-state index is 14.0. The second kappa shape index (κ2) is 13.0. The fourth-order valence-corrected chi connectivity index (χ4v) is 8.04. The zero-order chi connectivity index (χ0) is 28.3. The summed E-state index contributed by atoms with van der Waals surface area (Å²) < 4.78 is 22.6. The number of Topliss-reactive ketones (excluding diaryl/α,β-unsaturated/α-hetero) is 1. The summed E-state index contributed by atoms with van der Waals surface area (Å²) in [4.78, 5) is 27.2. The summed E-state index contributed by atoms with van der Waals surface area (Å²) in [6.45, 7) is 10.1. The quantitative estimate of drug-likeness (QED) is 0.194. The van der Waals surface area contributed by atoms with Crippen molar-refractivity contribution in [2.24, 2.45) is 47.3 Å². The van der Waals surface area contributed by atoms with Gasteiger partial charge >= 0.3 is 5.97 Å². The summed E-state index contributed by atoms with van der Waals surface area (Å²) in [5, 5.41) is 10.7. The van der Waals surface area contributed by atoms with Gasteiger partial charge in [0.15, 0.2) is 5.76 Å². The van der Waals surface area contributed by atoms with Crippen LogP contribution in [0.3, 0.4) is 0 Å². The molecule has 3 aliphatic carbocycles. The number of hydrogen-bond donors (Lipinski definition) is 1. The molecule has 3 fully saturated rings. The van der Waals surface area contributed by atoms with Crippen LogP contribution in [0.15, 0.2) is 36.3 Å². The Hall–Kier alpha value is -2.12. The first-order valence-corrected chi connectivity index (χ1v) is 14.9. The van der Waals surface area contributed by atoms with Gasteiger partial charge in [0.1, 0.15) is 17.6 Å². The molecule has 0 spiro atoms. The number of esters is 1. The van der Waals surface area contributed by atoms with E-state index in [1.165, 1.54) is 14.2 Å². The van der Waals surface area contributed by atoms with Crippen molar-refractivity contribution in [1.29, 1.82) is 0 Å². The molecule has 0 aromatic carbocycles. The lowest BCUT2D eigenvalue weighted by atomic mass is 9.69. The first-order valence-electron chi connectivity index (χ1n) is 14.9. The lowest BCUT2D eigenvalue weighted by Crippen LogP contribution is -2.33. The predicted molar refractivity (Wildman–Crippen MR) is 148 cm³/mol. The minimum absolute atomic E-state index is 0.000969. The van der Waals surface area contributed by atoms with Crippen LogP contribution in [-0.2, 0) is 28.5 Å². The highest BCUT2D eigenvalue weighted by Crippen LogP contribution is 2.59. The van der Waals surface area contributed by atoms with E-state index in [9.17, 15) is 14.7 Å². The highest BCUT2D eigenvalue weighted by molar-refractivity contribution is 5.85. The number of hydrogen-bond acceptors (Lipinski definition) is 7. The van der Waals surface area contributed by atoms with Gasteiger partial charge in [-0.3, -0.25) is 9.59 Å². The Balaban J connectivity index is 1.59. The van der Waals surface area contributed by atoms with Crippen LogP contribution in [0.4, 0.5) is 0 Å². The molecule has 218 valence electrons. The van der Waals surface area contributed by atoms with Gasteiger partial charge in [-0.2, -0.15) is 0 Å². The van der Waals surface area contributed by atoms with E-state index in [1.54, 1.807) is 6.92 Å². The number of methoxy groups -OCH3 is 2. The van der Waals surface area contributed by atoms with E-state index >= 15 is 0 Å². The van der Waals surface area contributed by atoms with Gasteiger partial charge in [0.2, 0.25) is 6.29 Å². The molecule has 4 aliphatic rings. The number of carbonyl (C=O) groups excluding carboxylic acids is 2. The molecule has 0 radical (unpaired) electrons. The molecule has 0 aromatic heterocycles. The number of cyclic esters (lactones) is 1. The largest absolute Gasteiger partial charge is 0.498 e. The Morgan fingerprint density at radius 1 is 1.15 bits per heavy atom. The molecule has 0 amide bonds. The SMILES string of the molecule is C=CC1C2[C@@H]3C[C@H](O[C@H](O)/C(OC)=C(/C)OC)CC3C=C[C@H]2[C@@H]2CC(=O)O[C@@H](CC)CCCC[C@@H](C)C(=O)C12. The number of rotatable bonds is 7. The molecule has 1 N–H and O–H groups in total. The van der Waals surface area contributed by atoms with Crippen LogP contribution >= 0.6 is 0 Å². The van der Waals surface area contributed by atoms with Gasteiger partial charge in [-0.15, -0.1) is 6.58 Å². The molecule has 1 heterocycles. The molecule has 39 heavy (non-hydrogen) atoms. The van der Waals surface area contributed by atoms with Crippen molar-refractivity contribution in [3.8, 4) is 0 Å². The van der Waals surface area contributed by atoms with Crippen LogP contribution in [0, 0.1) is 47.3 Å². The zero-order valence-electron chi connectivity index (χ0n) is 24.3. The maximum absolute atomic E-state index is 14.0. The third-order valence-electron chi connectivity index (χ3n) is 10.0. The number of aliphatic hydroxyl groups is 1. The number of allylic oxidation sites excluding steroid dienone is 4. The fraction of sp³-hybridized carbons (Fsp3) is 0.750. The van der Waals surface area contributed by atoms with Gasteiger partial charge in [0.25, 0.3) is 0 Å². The minimum Gasteiger partial charge on any atom is -0.498 e. The molecule has 0 bridgehead atoms. The minimum atomic E-state index is -1.21. The number of ether oxygens (including phenoxy) is 4. The van der Waals surface area contributed by atoms with E-state index in [-0.39, 0.29) is 83.5 Å². The first-order chi connectivity index (χ1) is 18.7. The Morgan fingerprint density at radius 3 is 2.56 bits per heavy atom. The molecule has 1 saturated heterocycles. The predicted octanol–water partition coefficient (Wildman–Crippen LogP) is 5.58. The van der Waals surface area contributed by atoms with Gasteiger partial charge in [-0.1, -0.05) is 38.5 Å². The van der Waals surface area contributed by atoms with Crippen molar-refractivity contribution in [3.05, 3.63) is 36.3 Å². The fourth-order valence-electron chi connectivity index (χ4n) is 8.04. The lowest BCUT2D eigenvalue weighted by Gasteiger charge is -2.35. The van der Waals surface area contributed by atoms with E-state index in [2.05, 4.69) is 32.6 Å². The highest BCUT2D eigenvalue weighted by atomic mass is 16.6. The van der Waals surface area contributed by atoms with Crippen molar-refractivity contribution in [2.75, 3.05) is 14.2 Å². The highest BCUT2D eigenvalue weighted by Gasteiger charge is 2.58. The molecule has 4 rings (SSSR count). The monoisotopic (exact) mass is 544 g/mol. The average molecular weight is 545 g/mol. The number of fused-ring (bicyclic) bond motifs is 5. The molecule has 7 heteroatoms. The van der Waals surface area contributed by atoms with Gasteiger partial charge in [-0.05, 0) is 81.0 Å². The van der Waals surface area contributed by atoms with E-state index in [0.29, 0.717) is 5.76 Å². The number of ketones is 1. The molecule has 2 saturated carbocycles. The van der Waals surface area contributed by atoms with Gasteiger partial charge in [0, 0.05) is 18.3 Å². The van der Waals surface area contributed by atoms with E-state index in [4.69, 9.17) is 18.9 Å². The van der Waals surface area contributed by atoms with Crippen molar-refractivity contribution >= 4 is 11.8 Å². The third-order valence-corrected chi connectivity index (χ3v) is 10.0. The Kier molecular flexibility index (Phi) is 9.97. The van der Waals surface area contributed by atoms with Crippen LogP contribution in [-0.4, -0.2) is 49.6 Å². The molecular weight excluding hydrogens is 496 g/mol. The maximum Gasteiger partial charge on any atom is 0.306 e. The Morgan fingerprint density at radius 2 is 1.90 bits per heavy atom. The standard InChI is InChI=1S/C32H48O7/c1-7-21-12-10-9-11-18(3)30(34)29-23(8-2)28-24(26(29)17-27(33)38-21)14-13-20-15-22(16-25(20)28)39-32(35)31(37-6)19(4)36-5/h8,13-14,18,20-26,28-29,32,35H,2,7,9-12,15-17H2,1,3-6H3/b31-19+/t18-,20?,21+,22-,23?,24+,25-,26+,28?,29?,32+/m1/s1. The van der Waals surface area contributed by atoms with Crippen LogP contribution in [0.5, 0.6) is 0 Å². The number of aliphatic hydroxyl groups excluding tert-OH is 1. The van der Waals surface area contributed by atoms with E-state index < -0.39 is 6.29 Å². The number of carbonyl (C=O) groups is 2. The normalized spacial score (nSPS) is 40.2. The van der Waals surface area contributed by atoms with E-state index in [0.717, 1.165) is 44.9 Å². The molecule has 11 atom stereocenters. The van der Waals surface area contributed by atoms with Crippen molar-refractivity contribution < 1.29 is 33.6 Å². The summed E-state index contributed by atoms with van der Waals surface area (Å²) >= 11 is 0. The molecule has 4 unspecified atom stereocenters. The van der Waals surface area contributed by atoms with Crippen molar-refractivity contribution in [2.45, 2.75) is 90.6 Å². The summed E-state index contributed by atoms with van der Waals surface area (Å²) in [5.41, 5.74) is 0. The van der Waals surface area contributed by atoms with Crippen LogP contribution in [0.25, 0.3) is 0 Å². The summed E-state index contributed by atoms with van der Waals surface area (Å²) in [6.07, 6.45) is 11.4. The van der Waals surface area contributed by atoms with Crippen molar-refractivity contribution in [3.63, 3.8) is 0 Å². The summed E-state index contributed by atoms with van der Waals surface area (Å²) in [7, 11) is 3.02. The molecule has 0 aromatic rings. The zero-order valence-corrected chi connectivity index (χ0v) is 24.3. The van der Waals surface area contributed by atoms with Crippen molar-refractivity contribution in [1.82, 2.24) is 0 Å². The second-order valence-corrected chi connectivity index (χ2v) is 12.1. The van der Waals surface area contributed by atoms with Gasteiger partial charge in [0.05, 0.1) is 20.3 Å². The molecule has 7 nitrogen and oxygen atoms in total. The summed E-state index contributed by atoms with van der Waals surface area (Å²) in [6, 6.07) is 0. The van der Waals surface area contributed by atoms with E-state index in [1.807, 2.05) is 6.08 Å². The van der Waals surface area contributed by atoms with Crippen LogP contribution in [0.2, 0.25) is 0 Å². The van der Waals surface area contributed by atoms with Gasteiger partial charge in [-0.25, -0.2) is 0 Å².